The number of fused-ring (bicyclic) bond motifs is 1. The molecular weight excluding hydrogens is 313 g/mol. The Morgan fingerprint density at radius 2 is 1.70 bits per heavy atom. The van der Waals surface area contributed by atoms with Gasteiger partial charge in [0.2, 0.25) is 0 Å². The number of hydrogen-bond donors (Lipinski definition) is 0. The van der Waals surface area contributed by atoms with Gasteiger partial charge in [-0.3, -0.25) is 4.98 Å². The van der Waals surface area contributed by atoms with Crippen LogP contribution in [0.2, 0.25) is 0 Å². The normalized spacial score (nSPS) is 11.0. The Labute approximate surface area is 135 Å². The van der Waals surface area contributed by atoms with Gasteiger partial charge in [-0.1, -0.05) is 11.8 Å². The second-order valence-corrected chi connectivity index (χ2v) is 5.77. The summed E-state index contributed by atoms with van der Waals surface area (Å²) in [5, 5.41) is 5.15. The molecule has 3 aromatic heterocycles. The molecule has 112 valence electrons. The molecular formula is C16H10FN5S. The van der Waals surface area contributed by atoms with E-state index in [-0.39, 0.29) is 5.82 Å². The second-order valence-electron chi connectivity index (χ2n) is 4.71. The third kappa shape index (κ3) is 2.66. The van der Waals surface area contributed by atoms with Crippen LogP contribution in [0.3, 0.4) is 0 Å². The molecule has 0 aliphatic heterocycles. The lowest BCUT2D eigenvalue weighted by atomic mass is 10.2. The predicted molar refractivity (Wildman–Crippen MR) is 84.5 cm³/mol. The first-order chi connectivity index (χ1) is 11.3. The average Bonchev–Trinajstić information content (AvgIpc) is 2.95. The minimum atomic E-state index is -0.280. The van der Waals surface area contributed by atoms with Crippen molar-refractivity contribution in [3.8, 4) is 11.3 Å². The highest BCUT2D eigenvalue weighted by Crippen LogP contribution is 2.35. The van der Waals surface area contributed by atoms with E-state index >= 15 is 0 Å². The molecule has 4 aromatic rings. The van der Waals surface area contributed by atoms with Gasteiger partial charge in [-0.2, -0.15) is 9.61 Å². The van der Waals surface area contributed by atoms with Gasteiger partial charge < -0.3 is 0 Å². The van der Waals surface area contributed by atoms with Crippen LogP contribution in [0.15, 0.2) is 71.1 Å². The van der Waals surface area contributed by atoms with E-state index in [1.807, 2.05) is 12.1 Å². The van der Waals surface area contributed by atoms with Crippen molar-refractivity contribution in [2.75, 3.05) is 0 Å². The van der Waals surface area contributed by atoms with Crippen molar-refractivity contribution >= 4 is 17.5 Å². The number of hydrogen-bond acceptors (Lipinski definition) is 5. The van der Waals surface area contributed by atoms with E-state index in [0.29, 0.717) is 5.78 Å². The van der Waals surface area contributed by atoms with Crippen molar-refractivity contribution < 1.29 is 4.39 Å². The molecule has 0 N–H and O–H groups in total. The molecule has 0 aliphatic rings. The maximum absolute atomic E-state index is 13.2. The minimum Gasteiger partial charge on any atom is -0.265 e. The van der Waals surface area contributed by atoms with Crippen LogP contribution in [0.5, 0.6) is 0 Å². The number of pyridine rings is 1. The molecule has 0 saturated carbocycles. The van der Waals surface area contributed by atoms with E-state index in [2.05, 4.69) is 20.1 Å². The molecule has 23 heavy (non-hydrogen) atoms. The third-order valence-electron chi connectivity index (χ3n) is 3.22. The second kappa shape index (κ2) is 5.77. The summed E-state index contributed by atoms with van der Waals surface area (Å²) in [7, 11) is 0. The third-order valence-corrected chi connectivity index (χ3v) is 4.28. The monoisotopic (exact) mass is 323 g/mol. The Hall–Kier alpha value is -2.80. The van der Waals surface area contributed by atoms with E-state index in [4.69, 9.17) is 0 Å². The Kier molecular flexibility index (Phi) is 3.47. The number of benzene rings is 1. The highest BCUT2D eigenvalue weighted by Gasteiger charge is 2.17. The quantitative estimate of drug-likeness (QED) is 0.578. The molecule has 0 fully saturated rings. The standard InChI is InChI=1S/C16H10FN5S/c17-12-3-1-11(2-4-12)14-15(23-13-5-7-18-8-6-13)22-16(21-14)19-9-10-20-22/h1-10H. The van der Waals surface area contributed by atoms with Gasteiger partial charge in [0.25, 0.3) is 5.78 Å². The van der Waals surface area contributed by atoms with Gasteiger partial charge in [0.1, 0.15) is 16.5 Å². The smallest absolute Gasteiger partial charge is 0.252 e. The summed E-state index contributed by atoms with van der Waals surface area (Å²) in [6.07, 6.45) is 6.67. The lowest BCUT2D eigenvalue weighted by Crippen LogP contribution is -1.94. The van der Waals surface area contributed by atoms with Crippen molar-refractivity contribution in [3.05, 3.63) is 67.0 Å². The predicted octanol–water partition coefficient (Wildman–Crippen LogP) is 3.48. The van der Waals surface area contributed by atoms with Crippen LogP contribution >= 0.6 is 11.8 Å². The SMILES string of the molecule is Fc1ccc(-c2nc3nccnn3c2Sc2ccncc2)cc1. The molecule has 0 aliphatic carbocycles. The Balaban J connectivity index is 1.89. The van der Waals surface area contributed by atoms with Gasteiger partial charge in [0.15, 0.2) is 0 Å². The fourth-order valence-electron chi connectivity index (χ4n) is 2.18. The Morgan fingerprint density at radius 1 is 0.913 bits per heavy atom. The van der Waals surface area contributed by atoms with Gasteiger partial charge in [-0.05, 0) is 36.4 Å². The van der Waals surface area contributed by atoms with Crippen LogP contribution in [0.4, 0.5) is 4.39 Å². The first-order valence-electron chi connectivity index (χ1n) is 6.85. The van der Waals surface area contributed by atoms with Crippen molar-refractivity contribution in [2.45, 2.75) is 9.92 Å². The maximum atomic E-state index is 13.2. The number of rotatable bonds is 3. The van der Waals surface area contributed by atoms with Crippen LogP contribution in [-0.4, -0.2) is 24.6 Å². The van der Waals surface area contributed by atoms with Gasteiger partial charge in [0, 0.05) is 22.9 Å². The van der Waals surface area contributed by atoms with Crippen molar-refractivity contribution in [3.63, 3.8) is 0 Å². The zero-order chi connectivity index (χ0) is 15.6. The number of halogens is 1. The molecule has 0 bridgehead atoms. The summed E-state index contributed by atoms with van der Waals surface area (Å²) in [6, 6.07) is 10.1. The lowest BCUT2D eigenvalue weighted by molar-refractivity contribution is 0.628. The Morgan fingerprint density at radius 3 is 2.48 bits per heavy atom. The summed E-state index contributed by atoms with van der Waals surface area (Å²) >= 11 is 1.51. The lowest BCUT2D eigenvalue weighted by Gasteiger charge is -2.04. The molecule has 0 saturated heterocycles. The van der Waals surface area contributed by atoms with Crippen LogP contribution in [0.1, 0.15) is 0 Å². The van der Waals surface area contributed by atoms with Crippen LogP contribution in [-0.2, 0) is 0 Å². The molecule has 4 rings (SSSR count). The molecule has 7 heteroatoms. The zero-order valence-corrected chi connectivity index (χ0v) is 12.6. The first kappa shape index (κ1) is 13.8. The van der Waals surface area contributed by atoms with E-state index in [1.165, 1.54) is 23.9 Å². The van der Waals surface area contributed by atoms with E-state index < -0.39 is 0 Å². The topological polar surface area (TPSA) is 56.0 Å². The molecule has 0 unspecified atom stereocenters. The van der Waals surface area contributed by atoms with Crippen LogP contribution < -0.4 is 0 Å². The summed E-state index contributed by atoms with van der Waals surface area (Å²) in [5.74, 6) is 0.223. The largest absolute Gasteiger partial charge is 0.265 e. The van der Waals surface area contributed by atoms with Gasteiger partial charge in [0.05, 0.1) is 12.4 Å². The number of nitrogens with zero attached hydrogens (tertiary/aromatic N) is 5. The van der Waals surface area contributed by atoms with E-state index in [1.54, 1.807) is 41.4 Å². The van der Waals surface area contributed by atoms with Crippen molar-refractivity contribution in [1.82, 2.24) is 24.6 Å². The molecule has 5 nitrogen and oxygen atoms in total. The molecule has 3 heterocycles. The summed E-state index contributed by atoms with van der Waals surface area (Å²) in [4.78, 5) is 13.8. The molecule has 0 spiro atoms. The molecule has 1 aromatic carbocycles. The minimum absolute atomic E-state index is 0.280. The molecule has 0 amide bonds. The highest BCUT2D eigenvalue weighted by atomic mass is 32.2. The maximum Gasteiger partial charge on any atom is 0.252 e. The van der Waals surface area contributed by atoms with E-state index in [0.717, 1.165) is 21.2 Å². The van der Waals surface area contributed by atoms with Gasteiger partial charge in [-0.15, -0.1) is 0 Å². The van der Waals surface area contributed by atoms with Gasteiger partial charge >= 0.3 is 0 Å². The Bertz CT molecular complexity index is 953. The molecule has 0 atom stereocenters. The van der Waals surface area contributed by atoms with Gasteiger partial charge in [-0.25, -0.2) is 14.4 Å². The fourth-order valence-corrected chi connectivity index (χ4v) is 3.13. The average molecular weight is 323 g/mol. The van der Waals surface area contributed by atoms with Crippen molar-refractivity contribution in [1.29, 1.82) is 0 Å². The van der Waals surface area contributed by atoms with E-state index in [9.17, 15) is 4.39 Å². The summed E-state index contributed by atoms with van der Waals surface area (Å²) in [6.45, 7) is 0. The van der Waals surface area contributed by atoms with Crippen molar-refractivity contribution in [2.24, 2.45) is 0 Å². The number of aromatic nitrogens is 5. The summed E-state index contributed by atoms with van der Waals surface area (Å²) in [5.41, 5.74) is 1.54. The number of imidazole rings is 1. The van der Waals surface area contributed by atoms with Crippen LogP contribution in [0.25, 0.3) is 17.0 Å². The zero-order valence-electron chi connectivity index (χ0n) is 11.8. The first-order valence-corrected chi connectivity index (χ1v) is 7.66. The van der Waals surface area contributed by atoms with Crippen LogP contribution in [0, 0.1) is 5.82 Å². The summed E-state index contributed by atoms with van der Waals surface area (Å²) < 4.78 is 14.9. The highest BCUT2D eigenvalue weighted by molar-refractivity contribution is 7.99. The fraction of sp³-hybridized carbons (Fsp3) is 0. The molecule has 0 radical (unpaired) electrons.